The van der Waals surface area contributed by atoms with Crippen molar-refractivity contribution in [3.8, 4) is 11.3 Å². The van der Waals surface area contributed by atoms with Crippen LogP contribution in [0, 0.1) is 0 Å². The summed E-state index contributed by atoms with van der Waals surface area (Å²) in [5.41, 5.74) is 1.90. The zero-order chi connectivity index (χ0) is 17.2. The smallest absolute Gasteiger partial charge is 0.294 e. The normalized spacial score (nSPS) is 12.5. The van der Waals surface area contributed by atoms with Crippen LogP contribution in [0.3, 0.4) is 0 Å². The molecule has 8 heteroatoms. The molecule has 0 atom stereocenters. The first kappa shape index (κ1) is 17.3. The van der Waals surface area contributed by atoms with Gasteiger partial charge in [-0.3, -0.25) is 0 Å². The predicted octanol–water partition coefficient (Wildman–Crippen LogP) is 4.52. The minimum absolute atomic E-state index is 0.242. The van der Waals surface area contributed by atoms with Gasteiger partial charge in [0.1, 0.15) is 4.21 Å². The fourth-order valence-corrected chi connectivity index (χ4v) is 5.49. The molecule has 0 aliphatic rings. The first-order valence-electron chi connectivity index (χ1n) is 6.91. The van der Waals surface area contributed by atoms with Gasteiger partial charge in [-0.2, -0.15) is 8.42 Å². The van der Waals surface area contributed by atoms with Crippen LogP contribution < -0.4 is 4.80 Å². The van der Waals surface area contributed by atoms with Crippen molar-refractivity contribution in [3.05, 3.63) is 69.1 Å². The predicted molar refractivity (Wildman–Crippen MR) is 103 cm³/mol. The number of thiazole rings is 1. The fraction of sp³-hybridized carbons (Fsp3) is 0.0625. The molecule has 0 spiro atoms. The van der Waals surface area contributed by atoms with Crippen LogP contribution in [0.5, 0.6) is 0 Å². The molecule has 0 N–H and O–H groups in total. The standard InChI is InChI=1S/C16H13BrN2O2S3/c1-2-9-19-14(12-5-7-13(17)8-6-12)11-23-16(19)18-24(20,21)15-4-3-10-22-15/h2-8,10-11H,1,9H2/b18-16-. The molecule has 3 aromatic rings. The van der Waals surface area contributed by atoms with E-state index >= 15 is 0 Å². The first-order valence-corrected chi connectivity index (χ1v) is 10.9. The van der Waals surface area contributed by atoms with Crippen molar-refractivity contribution >= 4 is 48.6 Å². The first-order chi connectivity index (χ1) is 11.5. The van der Waals surface area contributed by atoms with Gasteiger partial charge in [0.05, 0.1) is 5.69 Å². The van der Waals surface area contributed by atoms with Crippen molar-refractivity contribution in [1.29, 1.82) is 0 Å². The van der Waals surface area contributed by atoms with E-state index < -0.39 is 10.0 Å². The molecule has 3 rings (SSSR count). The van der Waals surface area contributed by atoms with Crippen LogP contribution in [0.1, 0.15) is 0 Å². The van der Waals surface area contributed by atoms with Crippen molar-refractivity contribution in [2.75, 3.05) is 0 Å². The van der Waals surface area contributed by atoms with Crippen molar-refractivity contribution < 1.29 is 8.42 Å². The van der Waals surface area contributed by atoms with Crippen LogP contribution in [-0.2, 0) is 16.6 Å². The van der Waals surface area contributed by atoms with Crippen LogP contribution in [-0.4, -0.2) is 13.0 Å². The molecule has 4 nitrogen and oxygen atoms in total. The van der Waals surface area contributed by atoms with E-state index in [0.29, 0.717) is 11.3 Å². The minimum Gasteiger partial charge on any atom is -0.312 e. The maximum Gasteiger partial charge on any atom is 0.294 e. The molecule has 2 heterocycles. The third-order valence-electron chi connectivity index (χ3n) is 3.20. The van der Waals surface area contributed by atoms with Gasteiger partial charge >= 0.3 is 0 Å². The molecule has 0 unspecified atom stereocenters. The van der Waals surface area contributed by atoms with Crippen LogP contribution >= 0.6 is 38.6 Å². The highest BCUT2D eigenvalue weighted by atomic mass is 79.9. The molecule has 0 fully saturated rings. The van der Waals surface area contributed by atoms with E-state index in [1.165, 1.54) is 11.3 Å². The Kier molecular flexibility index (Phi) is 5.19. The number of benzene rings is 1. The van der Waals surface area contributed by atoms with E-state index in [1.54, 1.807) is 23.6 Å². The van der Waals surface area contributed by atoms with Crippen molar-refractivity contribution in [1.82, 2.24) is 4.57 Å². The number of nitrogens with zero attached hydrogens (tertiary/aromatic N) is 2. The summed E-state index contributed by atoms with van der Waals surface area (Å²) in [4.78, 5) is 0.432. The summed E-state index contributed by atoms with van der Waals surface area (Å²) in [6.07, 6.45) is 1.73. The van der Waals surface area contributed by atoms with Gasteiger partial charge in [-0.15, -0.1) is 33.7 Å². The maximum atomic E-state index is 12.4. The number of hydrogen-bond acceptors (Lipinski definition) is 4. The number of aromatic nitrogens is 1. The molecular weight excluding hydrogens is 428 g/mol. The zero-order valence-electron chi connectivity index (χ0n) is 12.4. The van der Waals surface area contributed by atoms with Gasteiger partial charge in [-0.05, 0) is 29.1 Å². The fourth-order valence-electron chi connectivity index (χ4n) is 2.12. The second kappa shape index (κ2) is 7.18. The Morgan fingerprint density at radius 3 is 2.58 bits per heavy atom. The number of allylic oxidation sites excluding steroid dienone is 1. The SMILES string of the molecule is C=CCn1c(-c2ccc(Br)cc2)cs/c1=N\S(=O)(=O)c1cccs1. The monoisotopic (exact) mass is 440 g/mol. The summed E-state index contributed by atoms with van der Waals surface area (Å²) < 4.78 is 31.9. The lowest BCUT2D eigenvalue weighted by molar-refractivity contribution is 0.597. The second-order valence-corrected chi connectivity index (χ2v) is 9.34. The third-order valence-corrected chi connectivity index (χ3v) is 7.34. The molecule has 2 aromatic heterocycles. The van der Waals surface area contributed by atoms with Crippen molar-refractivity contribution in [2.24, 2.45) is 4.40 Å². The maximum absolute atomic E-state index is 12.4. The molecule has 0 amide bonds. The Labute approximate surface area is 156 Å². The molecule has 0 radical (unpaired) electrons. The van der Waals surface area contributed by atoms with Gasteiger partial charge in [-0.1, -0.05) is 40.2 Å². The van der Waals surface area contributed by atoms with E-state index in [0.717, 1.165) is 27.1 Å². The molecule has 24 heavy (non-hydrogen) atoms. The Morgan fingerprint density at radius 2 is 1.96 bits per heavy atom. The van der Waals surface area contributed by atoms with Crippen LogP contribution in [0.15, 0.2) is 72.9 Å². The van der Waals surface area contributed by atoms with E-state index in [1.807, 2.05) is 34.2 Å². The number of thiophene rings is 1. The molecular formula is C16H13BrN2O2S3. The lowest BCUT2D eigenvalue weighted by Gasteiger charge is -2.06. The van der Waals surface area contributed by atoms with Crippen LogP contribution in [0.2, 0.25) is 0 Å². The Bertz CT molecular complexity index is 1010. The van der Waals surface area contributed by atoms with E-state index in [-0.39, 0.29) is 4.21 Å². The Morgan fingerprint density at radius 1 is 1.21 bits per heavy atom. The van der Waals surface area contributed by atoms with E-state index in [4.69, 9.17) is 0 Å². The number of rotatable bonds is 5. The Balaban J connectivity index is 2.15. The second-order valence-electron chi connectivity index (χ2n) is 4.81. The van der Waals surface area contributed by atoms with Gasteiger partial charge in [-0.25, -0.2) is 0 Å². The largest absolute Gasteiger partial charge is 0.312 e. The van der Waals surface area contributed by atoms with E-state index in [9.17, 15) is 8.42 Å². The summed E-state index contributed by atoms with van der Waals surface area (Å²) >= 11 is 5.88. The topological polar surface area (TPSA) is 51.4 Å². The quantitative estimate of drug-likeness (QED) is 0.547. The molecule has 0 saturated heterocycles. The molecule has 0 aliphatic heterocycles. The van der Waals surface area contributed by atoms with Gasteiger partial charge in [0.25, 0.3) is 10.0 Å². The molecule has 0 bridgehead atoms. The third kappa shape index (κ3) is 3.61. The number of sulfonamides is 1. The molecule has 1 aromatic carbocycles. The van der Waals surface area contributed by atoms with Crippen molar-refractivity contribution in [3.63, 3.8) is 0 Å². The number of halogens is 1. The lowest BCUT2D eigenvalue weighted by Crippen LogP contribution is -2.17. The minimum atomic E-state index is -3.70. The summed E-state index contributed by atoms with van der Waals surface area (Å²) in [6, 6.07) is 11.1. The summed E-state index contributed by atoms with van der Waals surface area (Å²) in [6.45, 7) is 4.24. The highest BCUT2D eigenvalue weighted by molar-refractivity contribution is 9.10. The molecule has 124 valence electrons. The highest BCUT2D eigenvalue weighted by Gasteiger charge is 2.15. The van der Waals surface area contributed by atoms with Gasteiger partial charge in [0.2, 0.25) is 4.80 Å². The van der Waals surface area contributed by atoms with Gasteiger partial charge < -0.3 is 4.57 Å². The highest BCUT2D eigenvalue weighted by Crippen LogP contribution is 2.23. The lowest BCUT2D eigenvalue weighted by atomic mass is 10.2. The summed E-state index contributed by atoms with van der Waals surface area (Å²) in [5, 5.41) is 3.64. The van der Waals surface area contributed by atoms with Gasteiger partial charge in [0.15, 0.2) is 0 Å². The summed E-state index contributed by atoms with van der Waals surface area (Å²) in [7, 11) is -3.70. The van der Waals surface area contributed by atoms with Crippen LogP contribution in [0.25, 0.3) is 11.3 Å². The zero-order valence-corrected chi connectivity index (χ0v) is 16.5. The van der Waals surface area contributed by atoms with E-state index in [2.05, 4.69) is 26.9 Å². The van der Waals surface area contributed by atoms with Crippen LogP contribution in [0.4, 0.5) is 0 Å². The average molecular weight is 441 g/mol. The molecule has 0 saturated carbocycles. The summed E-state index contributed by atoms with van der Waals surface area (Å²) in [5.74, 6) is 0. The molecule has 0 aliphatic carbocycles. The van der Waals surface area contributed by atoms with Gasteiger partial charge in [0, 0.05) is 16.4 Å². The van der Waals surface area contributed by atoms with Crippen molar-refractivity contribution in [2.45, 2.75) is 10.8 Å². The average Bonchev–Trinajstić information content (AvgIpc) is 3.20. The Hall–Kier alpha value is -1.48. The number of hydrogen-bond donors (Lipinski definition) is 0.